The molecule has 1 aliphatic rings. The Morgan fingerprint density at radius 3 is 2.92 bits per heavy atom. The largest absolute Gasteiger partial charge is 0.504 e. The van der Waals surface area contributed by atoms with Crippen LogP contribution in [-0.2, 0) is 4.79 Å². The van der Waals surface area contributed by atoms with Crippen molar-refractivity contribution in [2.24, 2.45) is 0 Å². The zero-order valence-electron chi connectivity index (χ0n) is 6.57. The lowest BCUT2D eigenvalue weighted by Gasteiger charge is -1.98. The summed E-state index contributed by atoms with van der Waals surface area (Å²) in [5, 5.41) is 9.29. The fourth-order valence-electron chi connectivity index (χ4n) is 1.31. The summed E-state index contributed by atoms with van der Waals surface area (Å²) in [5.74, 6) is -0.209. The zero-order chi connectivity index (χ0) is 8.72. The van der Waals surface area contributed by atoms with Crippen molar-refractivity contribution in [3.63, 3.8) is 0 Å². The van der Waals surface area contributed by atoms with Crippen molar-refractivity contribution in [1.82, 2.24) is 0 Å². The Balaban J connectivity index is 2.60. The van der Waals surface area contributed by atoms with Crippen molar-refractivity contribution < 1.29 is 14.6 Å². The molecule has 0 aliphatic carbocycles. The van der Waals surface area contributed by atoms with Crippen LogP contribution in [0.25, 0.3) is 0 Å². The topological polar surface area (TPSA) is 46.5 Å². The van der Waals surface area contributed by atoms with Crippen molar-refractivity contribution >= 4 is 5.97 Å². The van der Waals surface area contributed by atoms with Crippen LogP contribution in [0.4, 0.5) is 0 Å². The number of carbonyl (C=O) groups is 1. The number of benzene rings is 1. The molecule has 0 saturated heterocycles. The second kappa shape index (κ2) is 2.24. The van der Waals surface area contributed by atoms with E-state index in [4.69, 9.17) is 4.74 Å². The third kappa shape index (κ3) is 0.794. The molecule has 3 heteroatoms. The third-order valence-electron chi connectivity index (χ3n) is 2.05. The normalized spacial score (nSPS) is 20.4. The van der Waals surface area contributed by atoms with E-state index in [1.165, 1.54) is 6.07 Å². The van der Waals surface area contributed by atoms with Gasteiger partial charge in [0.2, 0.25) is 0 Å². The predicted octanol–water partition coefficient (Wildman–Crippen LogP) is 1.41. The number of rotatable bonds is 0. The van der Waals surface area contributed by atoms with Gasteiger partial charge in [0.15, 0.2) is 11.5 Å². The molecule has 1 atom stereocenters. The van der Waals surface area contributed by atoms with Crippen molar-refractivity contribution in [1.29, 1.82) is 0 Å². The van der Waals surface area contributed by atoms with Gasteiger partial charge in [0, 0.05) is 5.56 Å². The Kier molecular flexibility index (Phi) is 1.33. The molecule has 12 heavy (non-hydrogen) atoms. The summed E-state index contributed by atoms with van der Waals surface area (Å²) in [6.07, 6.45) is 0. The highest BCUT2D eigenvalue weighted by Gasteiger charge is 2.30. The van der Waals surface area contributed by atoms with E-state index in [2.05, 4.69) is 0 Å². The highest BCUT2D eigenvalue weighted by Crippen LogP contribution is 2.40. The van der Waals surface area contributed by atoms with E-state index in [0.717, 1.165) is 5.56 Å². The lowest BCUT2D eigenvalue weighted by Crippen LogP contribution is -2.05. The van der Waals surface area contributed by atoms with Gasteiger partial charge in [-0.3, -0.25) is 4.79 Å². The minimum atomic E-state index is -0.300. The third-order valence-corrected chi connectivity index (χ3v) is 2.05. The average Bonchev–Trinajstić information content (AvgIpc) is 2.32. The molecule has 0 radical (unpaired) electrons. The van der Waals surface area contributed by atoms with Gasteiger partial charge in [-0.05, 0) is 13.0 Å². The molecule has 1 aliphatic heterocycles. The molecule has 3 nitrogen and oxygen atoms in total. The minimum Gasteiger partial charge on any atom is -0.504 e. The van der Waals surface area contributed by atoms with Crippen LogP contribution in [-0.4, -0.2) is 11.1 Å². The summed E-state index contributed by atoms with van der Waals surface area (Å²) in [5.41, 5.74) is 0.764. The van der Waals surface area contributed by atoms with Gasteiger partial charge < -0.3 is 9.84 Å². The first-order chi connectivity index (χ1) is 5.70. The summed E-state index contributed by atoms with van der Waals surface area (Å²) < 4.78 is 4.86. The van der Waals surface area contributed by atoms with E-state index < -0.39 is 0 Å². The number of phenolic OH excluding ortho intramolecular Hbond substituents is 1. The van der Waals surface area contributed by atoms with E-state index >= 15 is 0 Å². The molecular weight excluding hydrogens is 156 g/mol. The van der Waals surface area contributed by atoms with Crippen LogP contribution in [0, 0.1) is 0 Å². The maximum atomic E-state index is 11.0. The first-order valence-corrected chi connectivity index (χ1v) is 3.73. The molecule has 1 aromatic rings. The lowest BCUT2D eigenvalue weighted by atomic mass is 10.0. The maximum absolute atomic E-state index is 11.0. The standard InChI is InChI=1S/C9H8O3/c1-5-6-3-2-4-7(10)8(6)12-9(5)11/h2-5,10H,1H3. The Hall–Kier alpha value is -1.51. The molecule has 1 heterocycles. The second-order valence-electron chi connectivity index (χ2n) is 2.84. The van der Waals surface area contributed by atoms with Crippen LogP contribution in [0.3, 0.4) is 0 Å². The number of para-hydroxylation sites is 1. The molecule has 0 aromatic heterocycles. The van der Waals surface area contributed by atoms with Gasteiger partial charge in [0.1, 0.15) is 0 Å². The number of carbonyl (C=O) groups excluding carboxylic acids is 1. The summed E-state index contributed by atoms with van der Waals surface area (Å²) in [7, 11) is 0. The van der Waals surface area contributed by atoms with Gasteiger partial charge in [-0.2, -0.15) is 0 Å². The van der Waals surface area contributed by atoms with Gasteiger partial charge in [0.05, 0.1) is 5.92 Å². The monoisotopic (exact) mass is 164 g/mol. The lowest BCUT2D eigenvalue weighted by molar-refractivity contribution is -0.133. The fourth-order valence-corrected chi connectivity index (χ4v) is 1.31. The molecule has 0 bridgehead atoms. The van der Waals surface area contributed by atoms with Crippen molar-refractivity contribution in [3.8, 4) is 11.5 Å². The molecular formula is C9H8O3. The Morgan fingerprint density at radius 2 is 2.25 bits per heavy atom. The molecule has 62 valence electrons. The van der Waals surface area contributed by atoms with Crippen LogP contribution >= 0.6 is 0 Å². The first-order valence-electron chi connectivity index (χ1n) is 3.73. The van der Waals surface area contributed by atoms with Crippen LogP contribution < -0.4 is 4.74 Å². The minimum absolute atomic E-state index is 0.0326. The molecule has 1 unspecified atom stereocenters. The first kappa shape index (κ1) is 7.16. The quantitative estimate of drug-likeness (QED) is 0.466. The summed E-state index contributed by atoms with van der Waals surface area (Å²) in [4.78, 5) is 11.0. The Labute approximate surface area is 69.6 Å². The van der Waals surface area contributed by atoms with E-state index in [1.807, 2.05) is 0 Å². The zero-order valence-corrected chi connectivity index (χ0v) is 6.57. The molecule has 1 N–H and O–H groups in total. The number of phenols is 1. The number of esters is 1. The second-order valence-corrected chi connectivity index (χ2v) is 2.84. The average molecular weight is 164 g/mol. The van der Waals surface area contributed by atoms with E-state index in [9.17, 15) is 9.90 Å². The van der Waals surface area contributed by atoms with Gasteiger partial charge in [0.25, 0.3) is 0 Å². The summed E-state index contributed by atoms with van der Waals surface area (Å²) >= 11 is 0. The van der Waals surface area contributed by atoms with Crippen molar-refractivity contribution in [2.45, 2.75) is 12.8 Å². The van der Waals surface area contributed by atoms with Crippen LogP contribution in [0.5, 0.6) is 11.5 Å². The SMILES string of the molecule is CC1C(=O)Oc2c(O)cccc21. The van der Waals surface area contributed by atoms with Gasteiger partial charge in [-0.15, -0.1) is 0 Å². The summed E-state index contributed by atoms with van der Waals surface area (Å²) in [6, 6.07) is 4.99. The van der Waals surface area contributed by atoms with E-state index in [1.54, 1.807) is 19.1 Å². The maximum Gasteiger partial charge on any atom is 0.318 e. The molecule has 1 aromatic carbocycles. The van der Waals surface area contributed by atoms with Gasteiger partial charge >= 0.3 is 5.97 Å². The van der Waals surface area contributed by atoms with Crippen molar-refractivity contribution in [3.05, 3.63) is 23.8 Å². The molecule has 0 spiro atoms. The highest BCUT2D eigenvalue weighted by molar-refractivity contribution is 5.86. The van der Waals surface area contributed by atoms with Gasteiger partial charge in [-0.25, -0.2) is 0 Å². The van der Waals surface area contributed by atoms with Crippen molar-refractivity contribution in [2.75, 3.05) is 0 Å². The van der Waals surface area contributed by atoms with Crippen LogP contribution in [0.15, 0.2) is 18.2 Å². The fraction of sp³-hybridized carbons (Fsp3) is 0.222. The number of ether oxygens (including phenoxy) is 1. The molecule has 0 fully saturated rings. The summed E-state index contributed by atoms with van der Waals surface area (Å²) in [6.45, 7) is 1.76. The predicted molar refractivity (Wildman–Crippen MR) is 42.2 cm³/mol. The van der Waals surface area contributed by atoms with E-state index in [-0.39, 0.29) is 17.6 Å². The highest BCUT2D eigenvalue weighted by atomic mass is 16.5. The van der Waals surface area contributed by atoms with Gasteiger partial charge in [-0.1, -0.05) is 12.1 Å². The number of hydrogen-bond donors (Lipinski definition) is 1. The Bertz CT molecular complexity index is 344. The number of hydrogen-bond acceptors (Lipinski definition) is 3. The smallest absolute Gasteiger partial charge is 0.318 e. The number of aromatic hydroxyl groups is 1. The molecule has 0 saturated carbocycles. The van der Waals surface area contributed by atoms with Crippen LogP contribution in [0.1, 0.15) is 18.4 Å². The van der Waals surface area contributed by atoms with E-state index in [0.29, 0.717) is 5.75 Å². The van der Waals surface area contributed by atoms with Crippen LogP contribution in [0.2, 0.25) is 0 Å². The Morgan fingerprint density at radius 1 is 1.50 bits per heavy atom. The number of fused-ring (bicyclic) bond motifs is 1. The molecule has 0 amide bonds. The molecule has 2 rings (SSSR count).